The maximum absolute atomic E-state index is 5.54. The van der Waals surface area contributed by atoms with E-state index in [4.69, 9.17) is 11.2 Å². The fourth-order valence-corrected chi connectivity index (χ4v) is 2.07. The summed E-state index contributed by atoms with van der Waals surface area (Å²) < 4.78 is 5.43. The van der Waals surface area contributed by atoms with Crippen LogP contribution in [0.2, 0.25) is 0 Å². The van der Waals surface area contributed by atoms with Crippen molar-refractivity contribution in [2.45, 2.75) is 45.7 Å². The Morgan fingerprint density at radius 2 is 2.17 bits per heavy atom. The van der Waals surface area contributed by atoms with Crippen LogP contribution in [0.3, 0.4) is 0 Å². The molecular formula is C16H23NO. The fourth-order valence-electron chi connectivity index (χ4n) is 2.07. The van der Waals surface area contributed by atoms with Gasteiger partial charge in [0.25, 0.3) is 0 Å². The largest absolute Gasteiger partial charge is 0.496 e. The van der Waals surface area contributed by atoms with E-state index in [0.717, 1.165) is 24.2 Å². The first-order chi connectivity index (χ1) is 8.62. The molecule has 0 heterocycles. The summed E-state index contributed by atoms with van der Waals surface area (Å²) in [5.74, 6) is 3.72. The van der Waals surface area contributed by atoms with E-state index in [2.05, 4.69) is 50.2 Å². The quantitative estimate of drug-likeness (QED) is 0.775. The molecule has 2 nitrogen and oxygen atoms in total. The summed E-state index contributed by atoms with van der Waals surface area (Å²) in [6, 6.07) is 6.56. The van der Waals surface area contributed by atoms with Crippen LogP contribution in [-0.4, -0.2) is 13.2 Å². The van der Waals surface area contributed by atoms with Crippen LogP contribution in [0.1, 0.15) is 43.9 Å². The molecule has 0 aliphatic heterocycles. The highest BCUT2D eigenvalue weighted by molar-refractivity contribution is 5.39. The SMILES string of the molecule is C#CC(CCC)NC(C)c1ccc(C)cc1OC. The minimum absolute atomic E-state index is 0.121. The lowest BCUT2D eigenvalue weighted by molar-refractivity contribution is 0.397. The van der Waals surface area contributed by atoms with Gasteiger partial charge in [-0.2, -0.15) is 0 Å². The summed E-state index contributed by atoms with van der Waals surface area (Å²) in [5.41, 5.74) is 2.35. The number of hydrogen-bond acceptors (Lipinski definition) is 2. The number of aryl methyl sites for hydroxylation is 1. The zero-order valence-electron chi connectivity index (χ0n) is 11.8. The van der Waals surface area contributed by atoms with E-state index in [1.807, 2.05) is 0 Å². The normalized spacial score (nSPS) is 13.7. The molecule has 1 aromatic carbocycles. The minimum atomic E-state index is 0.121. The average Bonchev–Trinajstić information content (AvgIpc) is 2.37. The number of hydrogen-bond donors (Lipinski definition) is 1. The Kier molecular flexibility index (Phi) is 5.74. The van der Waals surface area contributed by atoms with E-state index in [1.165, 1.54) is 5.56 Å². The van der Waals surface area contributed by atoms with Crippen molar-refractivity contribution in [1.82, 2.24) is 5.32 Å². The van der Waals surface area contributed by atoms with Crippen LogP contribution in [0.25, 0.3) is 0 Å². The van der Waals surface area contributed by atoms with Gasteiger partial charge < -0.3 is 4.74 Å². The summed E-state index contributed by atoms with van der Waals surface area (Å²) in [6.07, 6.45) is 7.61. The second-order valence-electron chi connectivity index (χ2n) is 4.64. The summed E-state index contributed by atoms with van der Waals surface area (Å²) in [5, 5.41) is 3.46. The molecule has 0 fully saturated rings. The molecule has 0 amide bonds. The number of ether oxygens (including phenoxy) is 1. The van der Waals surface area contributed by atoms with Crippen LogP contribution in [0, 0.1) is 19.3 Å². The van der Waals surface area contributed by atoms with E-state index < -0.39 is 0 Å². The van der Waals surface area contributed by atoms with Crippen molar-refractivity contribution >= 4 is 0 Å². The summed E-state index contributed by atoms with van der Waals surface area (Å²) in [7, 11) is 1.70. The van der Waals surface area contributed by atoms with Gasteiger partial charge in [-0.15, -0.1) is 6.42 Å². The van der Waals surface area contributed by atoms with Crippen molar-refractivity contribution in [1.29, 1.82) is 0 Å². The highest BCUT2D eigenvalue weighted by atomic mass is 16.5. The molecule has 0 spiro atoms. The number of terminal acetylenes is 1. The second-order valence-corrected chi connectivity index (χ2v) is 4.64. The highest BCUT2D eigenvalue weighted by Crippen LogP contribution is 2.26. The van der Waals surface area contributed by atoms with Crippen LogP contribution < -0.4 is 10.1 Å². The third-order valence-electron chi connectivity index (χ3n) is 3.09. The molecular weight excluding hydrogens is 222 g/mol. The molecule has 1 N–H and O–H groups in total. The molecule has 1 rings (SSSR count). The van der Waals surface area contributed by atoms with Crippen molar-refractivity contribution < 1.29 is 4.74 Å². The molecule has 0 bridgehead atoms. The third-order valence-corrected chi connectivity index (χ3v) is 3.09. The first kappa shape index (κ1) is 14.6. The summed E-state index contributed by atoms with van der Waals surface area (Å²) >= 11 is 0. The average molecular weight is 245 g/mol. The Hall–Kier alpha value is -1.46. The molecule has 98 valence electrons. The number of methoxy groups -OCH3 is 1. The van der Waals surface area contributed by atoms with Gasteiger partial charge in [0.1, 0.15) is 5.75 Å². The Morgan fingerprint density at radius 1 is 1.44 bits per heavy atom. The van der Waals surface area contributed by atoms with Gasteiger partial charge in [-0.1, -0.05) is 31.4 Å². The number of rotatable bonds is 6. The standard InChI is InChI=1S/C16H23NO/c1-6-8-14(7-2)17-13(4)15-10-9-12(3)11-16(15)18-5/h2,9-11,13-14,17H,6,8H2,1,3-5H3. The minimum Gasteiger partial charge on any atom is -0.496 e. The zero-order chi connectivity index (χ0) is 13.5. The fraction of sp³-hybridized carbons (Fsp3) is 0.500. The van der Waals surface area contributed by atoms with Gasteiger partial charge in [0, 0.05) is 11.6 Å². The smallest absolute Gasteiger partial charge is 0.123 e. The molecule has 2 heteroatoms. The number of nitrogens with one attached hydrogen (secondary N) is 1. The van der Waals surface area contributed by atoms with E-state index >= 15 is 0 Å². The predicted octanol–water partition coefficient (Wildman–Crippen LogP) is 3.46. The molecule has 1 aromatic rings. The topological polar surface area (TPSA) is 21.3 Å². The molecule has 0 saturated heterocycles. The van der Waals surface area contributed by atoms with Gasteiger partial charge in [-0.3, -0.25) is 5.32 Å². The van der Waals surface area contributed by atoms with Gasteiger partial charge in [-0.05, 0) is 31.9 Å². The van der Waals surface area contributed by atoms with Gasteiger partial charge in [0.05, 0.1) is 13.2 Å². The predicted molar refractivity (Wildman–Crippen MR) is 76.8 cm³/mol. The molecule has 0 radical (unpaired) electrons. The van der Waals surface area contributed by atoms with Crippen LogP contribution in [0.15, 0.2) is 18.2 Å². The van der Waals surface area contributed by atoms with Crippen LogP contribution in [0.5, 0.6) is 5.75 Å². The molecule has 18 heavy (non-hydrogen) atoms. The summed E-state index contributed by atoms with van der Waals surface area (Å²) in [6.45, 7) is 6.32. The zero-order valence-corrected chi connectivity index (χ0v) is 11.8. The van der Waals surface area contributed by atoms with Crippen LogP contribution >= 0.6 is 0 Å². The Bertz CT molecular complexity index is 420. The Labute approximate surface area is 111 Å². The lowest BCUT2D eigenvalue weighted by atomic mass is 10.0. The van der Waals surface area contributed by atoms with Crippen molar-refractivity contribution in [2.24, 2.45) is 0 Å². The van der Waals surface area contributed by atoms with E-state index in [9.17, 15) is 0 Å². The lowest BCUT2D eigenvalue weighted by Gasteiger charge is -2.21. The second kappa shape index (κ2) is 7.08. The highest BCUT2D eigenvalue weighted by Gasteiger charge is 2.14. The van der Waals surface area contributed by atoms with Crippen molar-refractivity contribution in [3.8, 4) is 18.1 Å². The monoisotopic (exact) mass is 245 g/mol. The Balaban J connectivity index is 2.83. The van der Waals surface area contributed by atoms with E-state index in [0.29, 0.717) is 0 Å². The first-order valence-corrected chi connectivity index (χ1v) is 6.49. The van der Waals surface area contributed by atoms with Gasteiger partial charge >= 0.3 is 0 Å². The van der Waals surface area contributed by atoms with E-state index in [1.54, 1.807) is 7.11 Å². The Morgan fingerprint density at radius 3 is 2.72 bits per heavy atom. The maximum Gasteiger partial charge on any atom is 0.123 e. The van der Waals surface area contributed by atoms with Crippen molar-refractivity contribution in [2.75, 3.05) is 7.11 Å². The maximum atomic E-state index is 5.54. The van der Waals surface area contributed by atoms with Gasteiger partial charge in [-0.25, -0.2) is 0 Å². The van der Waals surface area contributed by atoms with Crippen molar-refractivity contribution in [3.63, 3.8) is 0 Å². The molecule has 2 unspecified atom stereocenters. The first-order valence-electron chi connectivity index (χ1n) is 6.49. The third kappa shape index (κ3) is 3.78. The molecule has 0 aromatic heterocycles. The van der Waals surface area contributed by atoms with Crippen LogP contribution in [0.4, 0.5) is 0 Å². The molecule has 0 aliphatic rings. The van der Waals surface area contributed by atoms with Crippen molar-refractivity contribution in [3.05, 3.63) is 29.3 Å². The summed E-state index contributed by atoms with van der Waals surface area (Å²) in [4.78, 5) is 0. The van der Waals surface area contributed by atoms with E-state index in [-0.39, 0.29) is 12.1 Å². The lowest BCUT2D eigenvalue weighted by Crippen LogP contribution is -2.30. The van der Waals surface area contributed by atoms with Gasteiger partial charge in [0.2, 0.25) is 0 Å². The van der Waals surface area contributed by atoms with Crippen LogP contribution in [-0.2, 0) is 0 Å². The molecule has 0 aliphatic carbocycles. The van der Waals surface area contributed by atoms with Gasteiger partial charge in [0.15, 0.2) is 0 Å². The molecule has 0 saturated carbocycles. The number of benzene rings is 1. The molecule has 2 atom stereocenters.